The molecule has 5 saturated heterocycles. The van der Waals surface area contributed by atoms with Gasteiger partial charge in [0.25, 0.3) is 0 Å². The third-order valence-electron chi connectivity index (χ3n) is 9.93. The number of benzene rings is 3. The van der Waals surface area contributed by atoms with E-state index in [0.29, 0.717) is 12.4 Å². The molecule has 5 heterocycles. The molecule has 5 aliphatic heterocycles. The van der Waals surface area contributed by atoms with Crippen LogP contribution in [-0.4, -0.2) is 85.3 Å². The fraction of sp³-hybridized carbons (Fsp3) is 0.525. The predicted octanol–water partition coefficient (Wildman–Crippen LogP) is 5.80. The largest absolute Gasteiger partial charge is 0.368 e. The molecule has 3 aromatic rings. The third-order valence-corrected chi connectivity index (χ3v) is 11.3. The fourth-order valence-corrected chi connectivity index (χ4v) is 8.72. The van der Waals surface area contributed by atoms with E-state index in [0.717, 1.165) is 16.7 Å². The monoisotopic (exact) mass is 731 g/mol. The molecule has 5 fully saturated rings. The summed E-state index contributed by atoms with van der Waals surface area (Å²) in [6, 6.07) is 31.9. The molecule has 0 radical (unpaired) electrons. The maximum absolute atomic E-state index is 10.6. The van der Waals surface area contributed by atoms with E-state index in [-0.39, 0.29) is 13.2 Å². The lowest BCUT2D eigenvalue weighted by atomic mass is 9.97. The van der Waals surface area contributed by atoms with Gasteiger partial charge in [0.2, 0.25) is 4.93 Å². The number of ether oxygens (including phenoxy) is 10. The first kappa shape index (κ1) is 36.1. The van der Waals surface area contributed by atoms with Crippen molar-refractivity contribution in [2.24, 2.45) is 0 Å². The Morgan fingerprint density at radius 2 is 1.31 bits per heavy atom. The normalized spacial score (nSPS) is 37.6. The Morgan fingerprint density at radius 1 is 0.673 bits per heavy atom. The molecule has 0 amide bonds. The Hall–Kier alpha value is -2.90. The van der Waals surface area contributed by atoms with E-state index in [9.17, 15) is 5.26 Å². The van der Waals surface area contributed by atoms with E-state index in [1.165, 1.54) is 11.8 Å². The van der Waals surface area contributed by atoms with Crippen LogP contribution in [0.5, 0.6) is 0 Å². The summed E-state index contributed by atoms with van der Waals surface area (Å²) in [7, 11) is 0. The summed E-state index contributed by atoms with van der Waals surface area (Å²) < 4.78 is 65.6. The van der Waals surface area contributed by atoms with Crippen molar-refractivity contribution in [1.82, 2.24) is 0 Å². The zero-order chi connectivity index (χ0) is 35.9. The lowest BCUT2D eigenvalue weighted by Gasteiger charge is -2.51. The van der Waals surface area contributed by atoms with Gasteiger partial charge in [0.05, 0.1) is 25.9 Å². The lowest BCUT2D eigenvalue weighted by Crippen LogP contribution is -2.65. The summed E-state index contributed by atoms with van der Waals surface area (Å²) >= 11 is 1.39. The molecule has 0 aliphatic carbocycles. The van der Waals surface area contributed by atoms with E-state index in [1.54, 1.807) is 0 Å². The Labute approximate surface area is 308 Å². The van der Waals surface area contributed by atoms with Gasteiger partial charge in [-0.05, 0) is 38.8 Å². The second-order valence-electron chi connectivity index (χ2n) is 14.6. The number of rotatable bonds is 10. The lowest BCUT2D eigenvalue weighted by molar-refractivity contribution is -0.343. The maximum atomic E-state index is 10.6. The first-order valence-electron chi connectivity index (χ1n) is 17.9. The highest BCUT2D eigenvalue weighted by atomic mass is 32.2. The van der Waals surface area contributed by atoms with Gasteiger partial charge in [0.1, 0.15) is 48.8 Å². The Morgan fingerprint density at radius 3 is 1.92 bits per heavy atom. The second-order valence-corrected chi connectivity index (χ2v) is 15.8. The summed E-state index contributed by atoms with van der Waals surface area (Å²) in [5.74, 6) is -1.23. The number of nitriles is 1. The van der Waals surface area contributed by atoms with E-state index in [2.05, 4.69) is 6.07 Å². The highest BCUT2D eigenvalue weighted by Gasteiger charge is 2.62. The van der Waals surface area contributed by atoms with E-state index >= 15 is 0 Å². The summed E-state index contributed by atoms with van der Waals surface area (Å²) in [5, 5.41) is 10.6. The van der Waals surface area contributed by atoms with Gasteiger partial charge >= 0.3 is 0 Å². The molecule has 0 aromatic heterocycles. The average molecular weight is 732 g/mol. The van der Waals surface area contributed by atoms with Gasteiger partial charge in [0.15, 0.2) is 24.2 Å². The molecular weight excluding hydrogens is 687 g/mol. The zero-order valence-corrected chi connectivity index (χ0v) is 30.5. The standard InChI is InChI=1S/C40H45NO10S/c1-38(2)44-22-28(48-38)30-33(35-37(46-30)51-39(3,4)49-35)47-36-34(43-21-26-16-10-6-11-17-26)32(42-20-25-14-8-5-9-15-25)31-29(45-36)23-52-40(24-41,50-31)27-18-12-7-13-19-27/h5-19,28-37H,20-23H2,1-4H3/t28-,29-,30+,31-,32+,33-,34+,35+,36+,37+,40+/m0/s1. The molecule has 0 spiro atoms. The van der Waals surface area contributed by atoms with Gasteiger partial charge < -0.3 is 47.4 Å². The molecular formula is C40H45NO10S. The van der Waals surface area contributed by atoms with Crippen molar-refractivity contribution in [3.8, 4) is 6.07 Å². The predicted molar refractivity (Wildman–Crippen MR) is 188 cm³/mol. The Bertz CT molecular complexity index is 1690. The van der Waals surface area contributed by atoms with Crippen LogP contribution in [0, 0.1) is 11.3 Å². The summed E-state index contributed by atoms with van der Waals surface area (Å²) in [5.41, 5.74) is 2.70. The smallest absolute Gasteiger partial charge is 0.227 e. The Balaban J connectivity index is 1.14. The zero-order valence-electron chi connectivity index (χ0n) is 29.7. The van der Waals surface area contributed by atoms with Crippen molar-refractivity contribution in [2.75, 3.05) is 12.4 Å². The van der Waals surface area contributed by atoms with Crippen molar-refractivity contribution in [3.63, 3.8) is 0 Å². The molecule has 11 atom stereocenters. The van der Waals surface area contributed by atoms with E-state index in [1.807, 2.05) is 119 Å². The number of hydrogen-bond acceptors (Lipinski definition) is 12. The fourth-order valence-electron chi connectivity index (χ4n) is 7.51. The molecule has 0 N–H and O–H groups in total. The van der Waals surface area contributed by atoms with Crippen molar-refractivity contribution < 1.29 is 47.4 Å². The molecule has 5 aliphatic rings. The van der Waals surface area contributed by atoms with Crippen LogP contribution >= 0.6 is 11.8 Å². The van der Waals surface area contributed by atoms with Gasteiger partial charge in [-0.1, -0.05) is 91.0 Å². The van der Waals surface area contributed by atoms with Gasteiger partial charge in [0, 0.05) is 11.3 Å². The molecule has 276 valence electrons. The van der Waals surface area contributed by atoms with Crippen molar-refractivity contribution >= 4 is 11.8 Å². The van der Waals surface area contributed by atoms with Crippen LogP contribution in [0.4, 0.5) is 0 Å². The number of thioether (sulfide) groups is 1. The minimum Gasteiger partial charge on any atom is -0.368 e. The van der Waals surface area contributed by atoms with Crippen molar-refractivity contribution in [2.45, 2.75) is 119 Å². The second kappa shape index (κ2) is 14.7. The minimum atomic E-state index is -1.28. The quantitative estimate of drug-likeness (QED) is 0.251. The molecule has 8 rings (SSSR count). The highest BCUT2D eigenvalue weighted by molar-refractivity contribution is 8.00. The van der Waals surface area contributed by atoms with E-state index in [4.69, 9.17) is 47.4 Å². The maximum Gasteiger partial charge on any atom is 0.227 e. The topological polar surface area (TPSA) is 116 Å². The number of fused-ring (bicyclic) bond motifs is 2. The van der Waals surface area contributed by atoms with Crippen molar-refractivity contribution in [3.05, 3.63) is 108 Å². The highest BCUT2D eigenvalue weighted by Crippen LogP contribution is 2.49. The average Bonchev–Trinajstić information content (AvgIpc) is 3.79. The molecule has 3 aromatic carbocycles. The van der Waals surface area contributed by atoms with Gasteiger partial charge in [-0.25, -0.2) is 0 Å². The van der Waals surface area contributed by atoms with Crippen LogP contribution in [0.3, 0.4) is 0 Å². The summed E-state index contributed by atoms with van der Waals surface area (Å²) in [6.07, 6.45) is -6.59. The molecule has 11 nitrogen and oxygen atoms in total. The third kappa shape index (κ3) is 7.43. The summed E-state index contributed by atoms with van der Waals surface area (Å²) in [4.78, 5) is -1.28. The number of hydrogen-bond donors (Lipinski definition) is 0. The van der Waals surface area contributed by atoms with Crippen LogP contribution < -0.4 is 0 Å². The molecule has 12 heteroatoms. The molecule has 0 saturated carbocycles. The SMILES string of the molecule is CC1(C)O[C@H]2O[C@H]([C@@H]3COC(C)(C)O3)[C@H](O[C@H]3O[C@H]4CS[C@](C#N)(c5ccccc5)O[C@@H]4[C@@H](OCc4ccccc4)[C@H]3OCc3ccccc3)[C@H]2O1. The van der Waals surface area contributed by atoms with Crippen LogP contribution in [0.1, 0.15) is 44.4 Å². The minimum absolute atomic E-state index is 0.255. The van der Waals surface area contributed by atoms with Crippen LogP contribution in [0.15, 0.2) is 91.0 Å². The van der Waals surface area contributed by atoms with Crippen molar-refractivity contribution in [1.29, 1.82) is 5.26 Å². The molecule has 0 bridgehead atoms. The van der Waals surface area contributed by atoms with Gasteiger partial charge in [-0.15, -0.1) is 11.8 Å². The van der Waals surface area contributed by atoms with E-state index < -0.39 is 77.9 Å². The first-order chi connectivity index (χ1) is 25.1. The van der Waals surface area contributed by atoms with Crippen LogP contribution in [-0.2, 0) is 65.5 Å². The van der Waals surface area contributed by atoms with Gasteiger partial charge in [-0.3, -0.25) is 0 Å². The van der Waals surface area contributed by atoms with Crippen LogP contribution in [0.25, 0.3) is 0 Å². The number of nitrogens with zero attached hydrogens (tertiary/aromatic N) is 1. The van der Waals surface area contributed by atoms with Gasteiger partial charge in [-0.2, -0.15) is 5.26 Å². The molecule has 0 unspecified atom stereocenters. The van der Waals surface area contributed by atoms with Crippen LogP contribution in [0.2, 0.25) is 0 Å². The first-order valence-corrected chi connectivity index (χ1v) is 18.8. The summed E-state index contributed by atoms with van der Waals surface area (Å²) in [6.45, 7) is 8.30. The molecule has 52 heavy (non-hydrogen) atoms. The Kier molecular flexibility index (Phi) is 10.2.